The minimum absolute atomic E-state index is 0.0428. The lowest BCUT2D eigenvalue weighted by Crippen LogP contribution is -2.49. The summed E-state index contributed by atoms with van der Waals surface area (Å²) >= 11 is 0. The first kappa shape index (κ1) is 27.0. The van der Waals surface area contributed by atoms with E-state index in [-0.39, 0.29) is 16.8 Å². The van der Waals surface area contributed by atoms with Crippen LogP contribution in [0.2, 0.25) is 0 Å². The Labute approximate surface area is 208 Å². The Kier molecular flexibility index (Phi) is 9.49. The summed E-state index contributed by atoms with van der Waals surface area (Å²) in [7, 11) is 0. The van der Waals surface area contributed by atoms with E-state index in [1.54, 1.807) is 0 Å². The Balaban J connectivity index is 1.49. The van der Waals surface area contributed by atoms with Crippen LogP contribution in [0.25, 0.3) is 0 Å². The monoisotopic (exact) mass is 471 g/mol. The molecule has 0 bridgehead atoms. The maximum atomic E-state index is 12.4. The van der Waals surface area contributed by atoms with E-state index in [1.807, 2.05) is 0 Å². The van der Waals surface area contributed by atoms with Crippen molar-refractivity contribution >= 4 is 5.97 Å². The van der Waals surface area contributed by atoms with Crippen LogP contribution in [0, 0.1) is 5.92 Å². The molecule has 0 radical (unpaired) electrons. The van der Waals surface area contributed by atoms with Crippen molar-refractivity contribution in [1.29, 1.82) is 0 Å². The van der Waals surface area contributed by atoms with Crippen LogP contribution in [0.3, 0.4) is 0 Å². The second-order valence-electron chi connectivity index (χ2n) is 11.8. The average molecular weight is 472 g/mol. The third kappa shape index (κ3) is 6.77. The van der Waals surface area contributed by atoms with Gasteiger partial charge in [-0.05, 0) is 80.5 Å². The highest BCUT2D eigenvalue weighted by molar-refractivity contribution is 5.69. The van der Waals surface area contributed by atoms with Crippen LogP contribution < -0.4 is 4.74 Å². The first-order valence-corrected chi connectivity index (χ1v) is 13.9. The van der Waals surface area contributed by atoms with Gasteiger partial charge in [-0.15, -0.1) is 0 Å². The van der Waals surface area contributed by atoms with E-state index in [0.717, 1.165) is 18.6 Å². The molecule has 34 heavy (non-hydrogen) atoms. The van der Waals surface area contributed by atoms with E-state index in [2.05, 4.69) is 64.6 Å². The maximum absolute atomic E-state index is 12.4. The topological polar surface area (TPSA) is 38.8 Å². The molecule has 1 aromatic carbocycles. The standard InChI is InChI=1S/C30H49NO3/c1-7-29(3,4)24-16-17-27(25(21-24)30(5,6)8-2)33-20-12-15-28(32)34-22-23-13-11-19-31-18-10-9-14-26(23)31/h16-17,21,23,26H,7-15,18-20,22H2,1-6H3. The molecule has 0 aromatic heterocycles. The largest absolute Gasteiger partial charge is 0.493 e. The lowest BCUT2D eigenvalue weighted by atomic mass is 9.76. The van der Waals surface area contributed by atoms with Gasteiger partial charge in [0.25, 0.3) is 0 Å². The van der Waals surface area contributed by atoms with Gasteiger partial charge in [-0.3, -0.25) is 9.69 Å². The Morgan fingerprint density at radius 2 is 1.74 bits per heavy atom. The summed E-state index contributed by atoms with van der Waals surface area (Å²) < 4.78 is 12.0. The number of carbonyl (C=O) groups is 1. The van der Waals surface area contributed by atoms with Crippen LogP contribution in [0.15, 0.2) is 18.2 Å². The fraction of sp³-hybridized carbons (Fsp3) is 0.767. The van der Waals surface area contributed by atoms with E-state index in [1.165, 1.54) is 56.3 Å². The fourth-order valence-corrected chi connectivity index (χ4v) is 5.44. The van der Waals surface area contributed by atoms with E-state index in [9.17, 15) is 4.79 Å². The summed E-state index contributed by atoms with van der Waals surface area (Å²) in [6, 6.07) is 7.31. The quantitative estimate of drug-likeness (QED) is 0.256. The van der Waals surface area contributed by atoms with E-state index >= 15 is 0 Å². The number of hydrogen-bond acceptors (Lipinski definition) is 4. The van der Waals surface area contributed by atoms with Gasteiger partial charge < -0.3 is 9.47 Å². The fourth-order valence-electron chi connectivity index (χ4n) is 5.44. The molecule has 1 aromatic rings. The zero-order valence-corrected chi connectivity index (χ0v) is 22.8. The lowest BCUT2D eigenvalue weighted by Gasteiger charge is -2.44. The van der Waals surface area contributed by atoms with E-state index in [4.69, 9.17) is 9.47 Å². The molecule has 2 aliphatic rings. The van der Waals surface area contributed by atoms with Crippen molar-refractivity contribution < 1.29 is 14.3 Å². The molecule has 2 heterocycles. The van der Waals surface area contributed by atoms with Gasteiger partial charge in [0.1, 0.15) is 5.75 Å². The van der Waals surface area contributed by atoms with Crippen LogP contribution in [-0.4, -0.2) is 43.2 Å². The number of nitrogens with zero attached hydrogens (tertiary/aromatic N) is 1. The summed E-state index contributed by atoms with van der Waals surface area (Å²) in [5, 5.41) is 0. The van der Waals surface area contributed by atoms with Crippen molar-refractivity contribution in [3.05, 3.63) is 29.3 Å². The molecule has 4 heteroatoms. The van der Waals surface area contributed by atoms with Crippen LogP contribution in [0.4, 0.5) is 0 Å². The van der Waals surface area contributed by atoms with Crippen LogP contribution in [-0.2, 0) is 20.4 Å². The summed E-state index contributed by atoms with van der Waals surface area (Å²) in [4.78, 5) is 15.1. The van der Waals surface area contributed by atoms with Gasteiger partial charge in [0, 0.05) is 23.9 Å². The molecule has 2 fully saturated rings. The smallest absolute Gasteiger partial charge is 0.305 e. The molecule has 192 valence electrons. The number of benzene rings is 1. The van der Waals surface area contributed by atoms with Gasteiger partial charge in [-0.1, -0.05) is 60.1 Å². The Morgan fingerprint density at radius 1 is 1.00 bits per heavy atom. The molecule has 2 aliphatic heterocycles. The average Bonchev–Trinajstić information content (AvgIpc) is 2.85. The van der Waals surface area contributed by atoms with Gasteiger partial charge in [-0.25, -0.2) is 0 Å². The minimum atomic E-state index is -0.0781. The van der Waals surface area contributed by atoms with Gasteiger partial charge in [0.05, 0.1) is 13.2 Å². The van der Waals surface area contributed by atoms with Crippen molar-refractivity contribution in [2.45, 2.75) is 116 Å². The number of hydrogen-bond donors (Lipinski definition) is 0. The molecule has 4 nitrogen and oxygen atoms in total. The van der Waals surface area contributed by atoms with Crippen molar-refractivity contribution in [1.82, 2.24) is 4.90 Å². The van der Waals surface area contributed by atoms with Gasteiger partial charge >= 0.3 is 5.97 Å². The molecular weight excluding hydrogens is 422 g/mol. The number of esters is 1. The number of piperidine rings is 2. The summed E-state index contributed by atoms with van der Waals surface area (Å²) in [5.74, 6) is 1.39. The number of fused-ring (bicyclic) bond motifs is 1. The molecule has 0 spiro atoms. The Morgan fingerprint density at radius 3 is 2.47 bits per heavy atom. The second kappa shape index (κ2) is 11.9. The zero-order chi connectivity index (χ0) is 24.8. The summed E-state index contributed by atoms with van der Waals surface area (Å²) in [5.41, 5.74) is 2.82. The molecule has 2 atom stereocenters. The molecule has 0 saturated carbocycles. The van der Waals surface area contributed by atoms with Crippen molar-refractivity contribution in [2.24, 2.45) is 5.92 Å². The highest BCUT2D eigenvalue weighted by atomic mass is 16.5. The highest BCUT2D eigenvalue weighted by Crippen LogP contribution is 2.38. The third-order valence-electron chi connectivity index (χ3n) is 8.73. The molecule has 2 saturated heterocycles. The SMILES string of the molecule is CCC(C)(C)c1ccc(OCCCC(=O)OCC2CCCN3CCCCC23)c(C(C)(C)CC)c1. The third-order valence-corrected chi connectivity index (χ3v) is 8.73. The van der Waals surface area contributed by atoms with E-state index < -0.39 is 0 Å². The van der Waals surface area contributed by atoms with Crippen molar-refractivity contribution in [2.75, 3.05) is 26.3 Å². The molecule has 2 unspecified atom stereocenters. The van der Waals surface area contributed by atoms with Crippen molar-refractivity contribution in [3.8, 4) is 5.75 Å². The first-order chi connectivity index (χ1) is 16.2. The summed E-state index contributed by atoms with van der Waals surface area (Å²) in [6.07, 6.45) is 9.58. The van der Waals surface area contributed by atoms with Crippen LogP contribution in [0.5, 0.6) is 5.75 Å². The van der Waals surface area contributed by atoms with Crippen molar-refractivity contribution in [3.63, 3.8) is 0 Å². The predicted molar refractivity (Wildman–Crippen MR) is 141 cm³/mol. The molecule has 0 aliphatic carbocycles. The Hall–Kier alpha value is -1.55. The zero-order valence-electron chi connectivity index (χ0n) is 22.8. The van der Waals surface area contributed by atoms with Gasteiger partial charge in [0.2, 0.25) is 0 Å². The molecular formula is C30H49NO3. The molecule has 3 rings (SSSR count). The van der Waals surface area contributed by atoms with Gasteiger partial charge in [-0.2, -0.15) is 0 Å². The van der Waals surface area contributed by atoms with Crippen LogP contribution >= 0.6 is 0 Å². The molecule has 0 amide bonds. The normalized spacial score (nSPS) is 21.7. The Bertz CT molecular complexity index is 798. The maximum Gasteiger partial charge on any atom is 0.305 e. The number of rotatable bonds is 11. The second-order valence-corrected chi connectivity index (χ2v) is 11.8. The first-order valence-electron chi connectivity index (χ1n) is 13.9. The minimum Gasteiger partial charge on any atom is -0.493 e. The summed E-state index contributed by atoms with van der Waals surface area (Å²) in [6.45, 7) is 17.2. The number of carbonyl (C=O) groups excluding carboxylic acids is 1. The number of ether oxygens (including phenoxy) is 2. The predicted octanol–water partition coefficient (Wildman–Crippen LogP) is 7.03. The lowest BCUT2D eigenvalue weighted by molar-refractivity contribution is -0.146. The van der Waals surface area contributed by atoms with Gasteiger partial charge in [0.15, 0.2) is 0 Å². The highest BCUT2D eigenvalue weighted by Gasteiger charge is 2.33. The molecule has 0 N–H and O–H groups in total. The van der Waals surface area contributed by atoms with E-state index in [0.29, 0.717) is 38.0 Å². The van der Waals surface area contributed by atoms with Crippen LogP contribution in [0.1, 0.15) is 110 Å².